The van der Waals surface area contributed by atoms with Crippen LogP contribution in [0.4, 0.5) is 13.2 Å². The zero-order valence-corrected chi connectivity index (χ0v) is 19.6. The molecule has 0 amide bonds. The average Bonchev–Trinajstić information content (AvgIpc) is 3.28. The molecule has 1 aromatic carbocycles. The monoisotopic (exact) mass is 512 g/mol. The summed E-state index contributed by atoms with van der Waals surface area (Å²) < 4.78 is 59.0. The molecule has 0 aliphatic carbocycles. The molecule has 4 aromatic rings. The van der Waals surface area contributed by atoms with Gasteiger partial charge in [-0.25, -0.2) is 19.3 Å². The van der Waals surface area contributed by atoms with Gasteiger partial charge in [0.25, 0.3) is 0 Å². The van der Waals surface area contributed by atoms with Gasteiger partial charge in [0.1, 0.15) is 35.2 Å². The van der Waals surface area contributed by atoms with E-state index < -0.39 is 24.6 Å². The predicted molar refractivity (Wildman–Crippen MR) is 125 cm³/mol. The summed E-state index contributed by atoms with van der Waals surface area (Å²) in [7, 11) is 0. The van der Waals surface area contributed by atoms with Crippen molar-refractivity contribution in [3.05, 3.63) is 77.5 Å². The molecule has 1 N–H and O–H groups in total. The molecule has 8 nitrogen and oxygen atoms in total. The van der Waals surface area contributed by atoms with Crippen LogP contribution in [0.2, 0.25) is 0 Å². The first-order valence-corrected chi connectivity index (χ1v) is 11.9. The number of pyridine rings is 1. The van der Waals surface area contributed by atoms with E-state index in [-0.39, 0.29) is 35.2 Å². The van der Waals surface area contributed by atoms with E-state index in [0.29, 0.717) is 35.9 Å². The molecule has 2 atom stereocenters. The molecule has 0 radical (unpaired) electrons. The van der Waals surface area contributed by atoms with Crippen LogP contribution in [-0.2, 0) is 9.47 Å². The third-order valence-corrected chi connectivity index (χ3v) is 6.75. The summed E-state index contributed by atoms with van der Waals surface area (Å²) in [6, 6.07) is 7.53. The number of hydrogen-bond acceptors (Lipinski definition) is 7. The lowest BCUT2D eigenvalue weighted by Gasteiger charge is -2.28. The Balaban J connectivity index is 1.44. The van der Waals surface area contributed by atoms with Crippen molar-refractivity contribution in [2.75, 3.05) is 19.8 Å². The van der Waals surface area contributed by atoms with Gasteiger partial charge in [-0.1, -0.05) is 18.2 Å². The van der Waals surface area contributed by atoms with Crippen molar-refractivity contribution in [2.24, 2.45) is 0 Å². The number of hydrogen-bond donors (Lipinski definition) is 1. The number of nitrogens with zero attached hydrogens (tertiary/aromatic N) is 4. The number of aromatic nitrogens is 4. The van der Waals surface area contributed by atoms with Crippen molar-refractivity contribution in [2.45, 2.75) is 37.6 Å². The highest BCUT2D eigenvalue weighted by atomic mass is 19.3. The second kappa shape index (κ2) is 9.73. The second-order valence-corrected chi connectivity index (χ2v) is 9.01. The van der Waals surface area contributed by atoms with Crippen LogP contribution in [0.25, 0.3) is 16.8 Å². The summed E-state index contributed by atoms with van der Waals surface area (Å²) in [5, 5.41) is 10.6. The van der Waals surface area contributed by atoms with Gasteiger partial charge in [0.2, 0.25) is 0 Å². The summed E-state index contributed by atoms with van der Waals surface area (Å²) >= 11 is 0. The molecule has 6 rings (SSSR count). The van der Waals surface area contributed by atoms with Gasteiger partial charge in [0.15, 0.2) is 0 Å². The number of ether oxygens (including phenoxy) is 3. The topological polar surface area (TPSA) is 91.0 Å². The first-order chi connectivity index (χ1) is 18.0. The van der Waals surface area contributed by atoms with Gasteiger partial charge in [-0.05, 0) is 18.9 Å². The van der Waals surface area contributed by atoms with Gasteiger partial charge in [-0.2, -0.15) is 8.78 Å². The minimum Gasteiger partial charge on any atom is -0.434 e. The van der Waals surface area contributed by atoms with E-state index in [4.69, 9.17) is 14.2 Å². The molecule has 11 heteroatoms. The fourth-order valence-electron chi connectivity index (χ4n) is 4.95. The Labute approximate surface area is 209 Å². The molecule has 1 fully saturated rings. The maximum absolute atomic E-state index is 15.2. The molecule has 2 aliphatic rings. The molecule has 0 saturated carbocycles. The lowest BCUT2D eigenvalue weighted by molar-refractivity contribution is -0.0548. The number of benzene rings is 1. The highest BCUT2D eigenvalue weighted by Crippen LogP contribution is 2.41. The molecule has 0 spiro atoms. The van der Waals surface area contributed by atoms with Crippen LogP contribution in [-0.4, -0.2) is 50.9 Å². The van der Waals surface area contributed by atoms with Gasteiger partial charge in [-0.3, -0.25) is 4.40 Å². The van der Waals surface area contributed by atoms with E-state index in [1.807, 2.05) is 0 Å². The summed E-state index contributed by atoms with van der Waals surface area (Å²) in [5.74, 6) is 0.302. The standard InChI is InChI=1S/C26H23F3N4O4/c27-18-9-21-32-22-19(34)13-36-24(16-3-1-2-4-20(16)37-26(28)29)23(22)33(21)12-17(18)15-10-30-25(31-11-15)14-5-7-35-8-6-14/h1-4,9-12,14,19,24,26,34H,5-8,13H2/t19-,24?/m1/s1. The molecular formula is C26H23F3N4O4. The second-order valence-electron chi connectivity index (χ2n) is 9.01. The van der Waals surface area contributed by atoms with Gasteiger partial charge in [-0.15, -0.1) is 0 Å². The molecule has 5 heterocycles. The Kier molecular flexibility index (Phi) is 6.27. The Hall–Kier alpha value is -3.54. The van der Waals surface area contributed by atoms with Crippen molar-refractivity contribution in [1.29, 1.82) is 0 Å². The van der Waals surface area contributed by atoms with E-state index in [9.17, 15) is 13.9 Å². The van der Waals surface area contributed by atoms with Gasteiger partial charge in [0, 0.05) is 60.5 Å². The number of fused-ring (bicyclic) bond motifs is 3. The number of imidazole rings is 1. The molecule has 192 valence electrons. The van der Waals surface area contributed by atoms with Crippen LogP contribution in [0.5, 0.6) is 5.75 Å². The first kappa shape index (κ1) is 23.8. The molecule has 37 heavy (non-hydrogen) atoms. The van der Waals surface area contributed by atoms with Crippen LogP contribution in [0.1, 0.15) is 53.7 Å². The first-order valence-electron chi connectivity index (χ1n) is 11.9. The molecule has 2 aliphatic heterocycles. The summed E-state index contributed by atoms with van der Waals surface area (Å²) in [4.78, 5) is 13.4. The summed E-state index contributed by atoms with van der Waals surface area (Å²) in [5.41, 5.74) is 1.96. The van der Waals surface area contributed by atoms with Crippen molar-refractivity contribution < 1.29 is 32.5 Å². The van der Waals surface area contributed by atoms with Crippen molar-refractivity contribution in [1.82, 2.24) is 19.4 Å². The Morgan fingerprint density at radius 1 is 1.11 bits per heavy atom. The highest BCUT2D eigenvalue weighted by Gasteiger charge is 2.35. The fraction of sp³-hybridized carbons (Fsp3) is 0.346. The molecule has 1 unspecified atom stereocenters. The van der Waals surface area contributed by atoms with E-state index in [1.54, 1.807) is 35.0 Å². The molecular weight excluding hydrogens is 489 g/mol. The average molecular weight is 512 g/mol. The maximum Gasteiger partial charge on any atom is 0.387 e. The zero-order chi connectivity index (χ0) is 25.5. The lowest BCUT2D eigenvalue weighted by Crippen LogP contribution is -2.23. The SMILES string of the molecule is O[C@@H]1COC(c2ccccc2OC(F)F)c2c1nc1cc(F)c(-c3cnc(C4CCOCC4)nc3)cn21. The van der Waals surface area contributed by atoms with E-state index in [0.717, 1.165) is 12.8 Å². The minimum atomic E-state index is -3.03. The number of rotatable bonds is 5. The predicted octanol–water partition coefficient (Wildman–Crippen LogP) is 4.58. The van der Waals surface area contributed by atoms with Crippen LogP contribution in [0, 0.1) is 5.82 Å². The van der Waals surface area contributed by atoms with E-state index in [1.165, 1.54) is 18.3 Å². The third-order valence-electron chi connectivity index (χ3n) is 6.75. The third kappa shape index (κ3) is 4.43. The number of halogens is 3. The molecule has 0 bridgehead atoms. The normalized spacial score (nSPS) is 20.4. The quantitative estimate of drug-likeness (QED) is 0.419. The largest absolute Gasteiger partial charge is 0.434 e. The lowest BCUT2D eigenvalue weighted by atomic mass is 9.99. The van der Waals surface area contributed by atoms with Crippen molar-refractivity contribution in [3.8, 4) is 16.9 Å². The number of alkyl halides is 2. The summed E-state index contributed by atoms with van der Waals surface area (Å²) in [6.45, 7) is -1.82. The smallest absolute Gasteiger partial charge is 0.387 e. The zero-order valence-electron chi connectivity index (χ0n) is 19.6. The number of para-hydroxylation sites is 1. The van der Waals surface area contributed by atoms with Crippen LogP contribution in [0.15, 0.2) is 48.9 Å². The van der Waals surface area contributed by atoms with Gasteiger partial charge < -0.3 is 19.3 Å². The Morgan fingerprint density at radius 2 is 1.86 bits per heavy atom. The van der Waals surface area contributed by atoms with Gasteiger partial charge in [0.05, 0.1) is 18.0 Å². The van der Waals surface area contributed by atoms with Gasteiger partial charge >= 0.3 is 6.61 Å². The molecule has 3 aromatic heterocycles. The Morgan fingerprint density at radius 3 is 2.62 bits per heavy atom. The van der Waals surface area contributed by atoms with E-state index in [2.05, 4.69) is 15.0 Å². The fourth-order valence-corrected chi connectivity index (χ4v) is 4.95. The van der Waals surface area contributed by atoms with Crippen LogP contribution >= 0.6 is 0 Å². The van der Waals surface area contributed by atoms with Crippen LogP contribution in [0.3, 0.4) is 0 Å². The highest BCUT2D eigenvalue weighted by molar-refractivity contribution is 5.65. The molecule has 1 saturated heterocycles. The Bertz CT molecular complexity index is 1420. The maximum atomic E-state index is 15.2. The summed E-state index contributed by atoms with van der Waals surface area (Å²) in [6.07, 6.45) is 4.42. The van der Waals surface area contributed by atoms with Crippen molar-refractivity contribution in [3.63, 3.8) is 0 Å². The van der Waals surface area contributed by atoms with Crippen LogP contribution < -0.4 is 4.74 Å². The van der Waals surface area contributed by atoms with E-state index >= 15 is 4.39 Å². The minimum absolute atomic E-state index is 0.0563. The number of aliphatic hydroxyl groups excluding tert-OH is 1. The van der Waals surface area contributed by atoms with Crippen molar-refractivity contribution >= 4 is 5.65 Å². The number of aliphatic hydroxyl groups is 1.